The molecule has 5 heteroatoms. The first-order chi connectivity index (χ1) is 10.7. The number of hydrogen-bond donors (Lipinski definition) is 0. The van der Waals surface area contributed by atoms with Crippen molar-refractivity contribution in [3.63, 3.8) is 0 Å². The van der Waals surface area contributed by atoms with E-state index >= 15 is 0 Å². The first-order valence-electron chi connectivity index (χ1n) is 8.30. The molecule has 1 atom stereocenters. The van der Waals surface area contributed by atoms with E-state index < -0.39 is 20.1 Å². The molecule has 1 aromatic carbocycles. The Hall–Kier alpha value is -1.23. The lowest BCUT2D eigenvalue weighted by Gasteiger charge is -2.30. The average Bonchev–Trinajstić information content (AvgIpc) is 2.44. The molecule has 2 rings (SSSR count). The van der Waals surface area contributed by atoms with Gasteiger partial charge in [-0.2, -0.15) is 13.2 Å². The molecule has 1 aliphatic heterocycles. The summed E-state index contributed by atoms with van der Waals surface area (Å²) >= 11 is 0. The van der Waals surface area contributed by atoms with Gasteiger partial charge in [0.1, 0.15) is 5.76 Å². The molecule has 0 spiro atoms. The Balaban J connectivity index is 2.32. The van der Waals surface area contributed by atoms with Crippen LogP contribution in [0.3, 0.4) is 0 Å². The fourth-order valence-corrected chi connectivity index (χ4v) is 4.99. The summed E-state index contributed by atoms with van der Waals surface area (Å²) in [5, 5.41) is 0. The molecule has 1 aliphatic rings. The normalized spacial score (nSPS) is 24.1. The highest BCUT2D eigenvalue weighted by molar-refractivity contribution is 6.71. The number of rotatable bonds is 3. The van der Waals surface area contributed by atoms with Crippen LogP contribution >= 0.6 is 0 Å². The van der Waals surface area contributed by atoms with Gasteiger partial charge >= 0.3 is 6.18 Å². The highest BCUT2D eigenvalue weighted by Gasteiger charge is 2.31. The van der Waals surface area contributed by atoms with E-state index in [0.29, 0.717) is 5.92 Å². The summed E-state index contributed by atoms with van der Waals surface area (Å²) in [6, 6.07) is 6.43. The van der Waals surface area contributed by atoms with Gasteiger partial charge in [-0.15, -0.1) is 0 Å². The molecule has 1 aromatic rings. The first-order valence-corrected chi connectivity index (χ1v) is 11.4. The number of allylic oxidation sites excluding steroid dienone is 1. The van der Waals surface area contributed by atoms with Crippen molar-refractivity contribution < 1.29 is 17.6 Å². The Labute approximate surface area is 137 Å². The highest BCUT2D eigenvalue weighted by Crippen LogP contribution is 2.34. The van der Waals surface area contributed by atoms with E-state index in [1.807, 2.05) is 0 Å². The lowest BCUT2D eigenvalue weighted by atomic mass is 9.96. The van der Waals surface area contributed by atoms with E-state index in [1.165, 1.54) is 18.6 Å². The van der Waals surface area contributed by atoms with Crippen molar-refractivity contribution in [3.8, 4) is 0 Å². The number of alkyl halides is 3. The monoisotopic (exact) mass is 342 g/mol. The maximum absolute atomic E-state index is 12.7. The molecule has 23 heavy (non-hydrogen) atoms. The molecular weight excluding hydrogens is 317 g/mol. The van der Waals surface area contributed by atoms with Crippen molar-refractivity contribution in [3.05, 3.63) is 41.5 Å². The molecule has 128 valence electrons. The van der Waals surface area contributed by atoms with Crippen molar-refractivity contribution in [2.45, 2.75) is 57.9 Å². The summed E-state index contributed by atoms with van der Waals surface area (Å²) in [6.07, 6.45) is 2.34. The lowest BCUT2D eigenvalue weighted by molar-refractivity contribution is -0.137. The van der Waals surface area contributed by atoms with Crippen LogP contribution < -0.4 is 0 Å². The Kier molecular flexibility index (Phi) is 5.60. The SMILES string of the molecule is CCCC1/C=C(/c2ccc(C(F)(F)F)cc2)O[Si](C)(C)CCC1. The zero-order chi connectivity index (χ0) is 17.1. The molecule has 0 saturated heterocycles. The van der Waals surface area contributed by atoms with Crippen LogP contribution in [-0.4, -0.2) is 8.32 Å². The van der Waals surface area contributed by atoms with Gasteiger partial charge in [0.25, 0.3) is 0 Å². The summed E-state index contributed by atoms with van der Waals surface area (Å²) < 4.78 is 44.5. The summed E-state index contributed by atoms with van der Waals surface area (Å²) in [4.78, 5) is 0. The quantitative estimate of drug-likeness (QED) is 0.571. The van der Waals surface area contributed by atoms with Crippen molar-refractivity contribution in [2.24, 2.45) is 5.92 Å². The van der Waals surface area contributed by atoms with Gasteiger partial charge in [0.05, 0.1) is 5.56 Å². The second kappa shape index (κ2) is 7.12. The second-order valence-corrected chi connectivity index (χ2v) is 11.1. The second-order valence-electron chi connectivity index (χ2n) is 6.91. The molecule has 0 fully saturated rings. The topological polar surface area (TPSA) is 9.23 Å². The summed E-state index contributed by atoms with van der Waals surface area (Å²) in [7, 11) is -1.81. The van der Waals surface area contributed by atoms with Crippen molar-refractivity contribution in [1.82, 2.24) is 0 Å². The van der Waals surface area contributed by atoms with Crippen LogP contribution in [0.4, 0.5) is 13.2 Å². The van der Waals surface area contributed by atoms with Gasteiger partial charge in [0.2, 0.25) is 8.32 Å². The van der Waals surface area contributed by atoms with Crippen molar-refractivity contribution in [1.29, 1.82) is 0 Å². The van der Waals surface area contributed by atoms with Gasteiger partial charge in [0, 0.05) is 5.56 Å². The van der Waals surface area contributed by atoms with Crippen LogP contribution in [0.5, 0.6) is 0 Å². The maximum Gasteiger partial charge on any atom is 0.416 e. The van der Waals surface area contributed by atoms with Crippen molar-refractivity contribution in [2.75, 3.05) is 0 Å². The molecule has 1 unspecified atom stereocenters. The molecule has 1 nitrogen and oxygen atoms in total. The van der Waals surface area contributed by atoms with Gasteiger partial charge in [-0.3, -0.25) is 0 Å². The predicted molar refractivity (Wildman–Crippen MR) is 90.4 cm³/mol. The van der Waals surface area contributed by atoms with E-state index in [4.69, 9.17) is 4.43 Å². The molecule has 0 bridgehead atoms. The molecule has 1 heterocycles. The zero-order valence-electron chi connectivity index (χ0n) is 14.0. The third-order valence-corrected chi connectivity index (χ3v) is 6.61. The number of hydrogen-bond acceptors (Lipinski definition) is 1. The molecule has 0 N–H and O–H groups in total. The minimum absolute atomic E-state index is 0.447. The third-order valence-electron chi connectivity index (χ3n) is 4.28. The summed E-state index contributed by atoms with van der Waals surface area (Å²) in [6.45, 7) is 6.50. The van der Waals surface area contributed by atoms with E-state index in [-0.39, 0.29) is 0 Å². The van der Waals surface area contributed by atoms with E-state index in [2.05, 4.69) is 26.1 Å². The predicted octanol–water partition coefficient (Wildman–Crippen LogP) is 6.48. The fourth-order valence-electron chi connectivity index (χ4n) is 3.05. The molecule has 0 aliphatic carbocycles. The Bertz CT molecular complexity index is 546. The van der Waals surface area contributed by atoms with E-state index in [9.17, 15) is 13.2 Å². The molecular formula is C18H25F3OSi. The smallest absolute Gasteiger partial charge is 0.416 e. The molecule has 0 aromatic heterocycles. The third kappa shape index (κ3) is 5.13. The fraction of sp³-hybridized carbons (Fsp3) is 0.556. The van der Waals surface area contributed by atoms with Crippen LogP contribution in [0.15, 0.2) is 30.3 Å². The molecule has 0 radical (unpaired) electrons. The Morgan fingerprint density at radius 1 is 1.17 bits per heavy atom. The molecule has 0 amide bonds. The highest BCUT2D eigenvalue weighted by atomic mass is 28.4. The van der Waals surface area contributed by atoms with Crippen molar-refractivity contribution >= 4 is 14.1 Å². The standard InChI is InChI=1S/C18H25F3OSi/c1-4-6-14-7-5-12-23(2,3)22-17(13-14)15-8-10-16(11-9-15)18(19,20)21/h8-11,13-14H,4-7,12H2,1-3H3/b17-13-. The van der Waals surface area contributed by atoms with E-state index in [1.54, 1.807) is 0 Å². The Morgan fingerprint density at radius 3 is 2.39 bits per heavy atom. The van der Waals surface area contributed by atoms with Crippen LogP contribution in [0.25, 0.3) is 5.76 Å². The maximum atomic E-state index is 12.7. The van der Waals surface area contributed by atoms with Gasteiger partial charge in [-0.05, 0) is 56.1 Å². The largest absolute Gasteiger partial charge is 0.544 e. The van der Waals surface area contributed by atoms with Gasteiger partial charge in [-0.25, -0.2) is 0 Å². The van der Waals surface area contributed by atoms with Gasteiger partial charge in [-0.1, -0.05) is 31.9 Å². The lowest BCUT2D eigenvalue weighted by Crippen LogP contribution is -2.30. The first kappa shape index (κ1) is 18.1. The van der Waals surface area contributed by atoms with Gasteiger partial charge in [0.15, 0.2) is 0 Å². The average molecular weight is 342 g/mol. The minimum atomic E-state index is -4.30. The number of benzene rings is 1. The minimum Gasteiger partial charge on any atom is -0.544 e. The van der Waals surface area contributed by atoms with Gasteiger partial charge < -0.3 is 4.43 Å². The number of halogens is 3. The molecule has 0 saturated carbocycles. The van der Waals surface area contributed by atoms with Crippen LogP contribution in [-0.2, 0) is 10.6 Å². The summed E-state index contributed by atoms with van der Waals surface area (Å²) in [5.74, 6) is 1.22. The van der Waals surface area contributed by atoms with E-state index in [0.717, 1.165) is 48.8 Å². The van der Waals surface area contributed by atoms with Crippen LogP contribution in [0.1, 0.15) is 43.7 Å². The van der Waals surface area contributed by atoms with Crippen LogP contribution in [0, 0.1) is 5.92 Å². The Morgan fingerprint density at radius 2 is 1.83 bits per heavy atom. The van der Waals surface area contributed by atoms with Crippen LogP contribution in [0.2, 0.25) is 19.1 Å². The summed E-state index contributed by atoms with van der Waals surface area (Å²) in [5.41, 5.74) is 0.135. The zero-order valence-corrected chi connectivity index (χ0v) is 15.0.